The number of rotatable bonds is 8. The van der Waals surface area contributed by atoms with Gasteiger partial charge in [-0.2, -0.15) is 0 Å². The second kappa shape index (κ2) is 9.90. The van der Waals surface area contributed by atoms with Crippen molar-refractivity contribution < 1.29 is 24.0 Å². The van der Waals surface area contributed by atoms with E-state index < -0.39 is 4.92 Å². The van der Waals surface area contributed by atoms with Gasteiger partial charge < -0.3 is 20.1 Å². The number of hydrogen-bond donors (Lipinski definition) is 2. The Bertz CT molecular complexity index is 994. The van der Waals surface area contributed by atoms with Crippen LogP contribution in [0.3, 0.4) is 0 Å². The highest BCUT2D eigenvalue weighted by atomic mass is 16.6. The summed E-state index contributed by atoms with van der Waals surface area (Å²) in [5.74, 6) is 0.561. The standard InChI is InChI=1S/C21H24N4O6/c1-3-24(13-21(27)23-16-5-4-6-17(14(16)2)25(28)29)12-20(26)22-15-7-8-18-19(11-15)31-10-9-30-18/h4-8,11H,3,9-10,12-13H2,1-2H3,(H,22,26)(H,23,27). The Labute approximate surface area is 179 Å². The molecule has 0 fully saturated rings. The minimum absolute atomic E-state index is 0.00623. The van der Waals surface area contributed by atoms with Crippen LogP contribution in [0.4, 0.5) is 17.1 Å². The first kappa shape index (κ1) is 22.0. The number of benzene rings is 2. The topological polar surface area (TPSA) is 123 Å². The van der Waals surface area contributed by atoms with E-state index in [1.165, 1.54) is 12.1 Å². The van der Waals surface area contributed by atoms with Gasteiger partial charge in [-0.25, -0.2) is 0 Å². The van der Waals surface area contributed by atoms with Crippen molar-refractivity contribution in [3.8, 4) is 11.5 Å². The summed E-state index contributed by atoms with van der Waals surface area (Å²) in [7, 11) is 0. The Kier molecular flexibility index (Phi) is 7.03. The Morgan fingerprint density at radius 2 is 1.74 bits per heavy atom. The van der Waals surface area contributed by atoms with E-state index in [4.69, 9.17) is 9.47 Å². The van der Waals surface area contributed by atoms with Crippen molar-refractivity contribution in [3.63, 3.8) is 0 Å². The summed E-state index contributed by atoms with van der Waals surface area (Å²) in [6, 6.07) is 9.65. The van der Waals surface area contributed by atoms with Crippen LogP contribution in [0, 0.1) is 17.0 Å². The number of hydrogen-bond acceptors (Lipinski definition) is 7. The zero-order chi connectivity index (χ0) is 22.4. The van der Waals surface area contributed by atoms with Crippen LogP contribution in [0.2, 0.25) is 0 Å². The van der Waals surface area contributed by atoms with Crippen molar-refractivity contribution in [1.82, 2.24) is 4.90 Å². The average molecular weight is 428 g/mol. The van der Waals surface area contributed by atoms with Crippen LogP contribution in [-0.2, 0) is 9.59 Å². The monoisotopic (exact) mass is 428 g/mol. The van der Waals surface area contributed by atoms with Crippen LogP contribution in [0.5, 0.6) is 11.5 Å². The van der Waals surface area contributed by atoms with Crippen LogP contribution in [0.15, 0.2) is 36.4 Å². The Morgan fingerprint density at radius 1 is 1.06 bits per heavy atom. The molecule has 2 aromatic carbocycles. The lowest BCUT2D eigenvalue weighted by molar-refractivity contribution is -0.385. The molecule has 0 radical (unpaired) electrons. The number of nitro groups is 1. The van der Waals surface area contributed by atoms with Crippen LogP contribution in [0.25, 0.3) is 0 Å². The molecule has 164 valence electrons. The van der Waals surface area contributed by atoms with E-state index in [-0.39, 0.29) is 30.6 Å². The Morgan fingerprint density at radius 3 is 2.42 bits per heavy atom. The first-order valence-corrected chi connectivity index (χ1v) is 9.83. The van der Waals surface area contributed by atoms with Gasteiger partial charge in [-0.3, -0.25) is 24.6 Å². The van der Waals surface area contributed by atoms with E-state index >= 15 is 0 Å². The van der Waals surface area contributed by atoms with Gasteiger partial charge in [0.2, 0.25) is 11.8 Å². The van der Waals surface area contributed by atoms with Crippen molar-refractivity contribution >= 4 is 28.9 Å². The summed E-state index contributed by atoms with van der Waals surface area (Å²) in [4.78, 5) is 37.1. The number of carbonyl (C=O) groups excluding carboxylic acids is 2. The summed E-state index contributed by atoms with van der Waals surface area (Å²) in [6.07, 6.45) is 0. The lowest BCUT2D eigenvalue weighted by Gasteiger charge is -2.21. The molecule has 2 amide bonds. The van der Waals surface area contributed by atoms with E-state index in [1.807, 2.05) is 6.92 Å². The fourth-order valence-corrected chi connectivity index (χ4v) is 3.15. The van der Waals surface area contributed by atoms with E-state index in [0.29, 0.717) is 48.2 Å². The van der Waals surface area contributed by atoms with Gasteiger partial charge in [-0.15, -0.1) is 0 Å². The number of anilines is 2. The third-order valence-corrected chi connectivity index (χ3v) is 4.78. The molecular weight excluding hydrogens is 404 g/mol. The van der Waals surface area contributed by atoms with Gasteiger partial charge in [0, 0.05) is 17.8 Å². The lowest BCUT2D eigenvalue weighted by atomic mass is 10.1. The quantitative estimate of drug-likeness (QED) is 0.489. The Hall–Kier alpha value is -3.66. The molecule has 0 bridgehead atoms. The van der Waals surface area contributed by atoms with Gasteiger partial charge >= 0.3 is 0 Å². The predicted octanol–water partition coefficient (Wildman–Crippen LogP) is 2.57. The van der Waals surface area contributed by atoms with Crippen molar-refractivity contribution in [3.05, 3.63) is 52.1 Å². The number of nitro benzene ring substituents is 1. The molecule has 1 heterocycles. The van der Waals surface area contributed by atoms with Gasteiger partial charge in [-0.1, -0.05) is 13.0 Å². The zero-order valence-electron chi connectivity index (χ0n) is 17.3. The molecule has 31 heavy (non-hydrogen) atoms. The van der Waals surface area contributed by atoms with E-state index in [0.717, 1.165) is 0 Å². The highest BCUT2D eigenvalue weighted by molar-refractivity contribution is 5.95. The maximum absolute atomic E-state index is 12.4. The summed E-state index contributed by atoms with van der Waals surface area (Å²) in [6.45, 7) is 4.79. The van der Waals surface area contributed by atoms with E-state index in [1.54, 1.807) is 36.1 Å². The smallest absolute Gasteiger partial charge is 0.274 e. The molecule has 10 heteroatoms. The molecule has 0 aromatic heterocycles. The van der Waals surface area contributed by atoms with Crippen LogP contribution in [0.1, 0.15) is 12.5 Å². The SMILES string of the molecule is CCN(CC(=O)Nc1ccc2c(c1)OCCO2)CC(=O)Nc1cccc([N+](=O)[O-])c1C. The van der Waals surface area contributed by atoms with E-state index in [9.17, 15) is 19.7 Å². The normalized spacial score (nSPS) is 12.4. The fraction of sp³-hybridized carbons (Fsp3) is 0.333. The van der Waals surface area contributed by atoms with Gasteiger partial charge in [0.05, 0.1) is 29.3 Å². The maximum atomic E-state index is 12.4. The second-order valence-corrected chi connectivity index (χ2v) is 6.96. The first-order valence-electron chi connectivity index (χ1n) is 9.83. The fourth-order valence-electron chi connectivity index (χ4n) is 3.15. The highest BCUT2D eigenvalue weighted by Gasteiger charge is 2.18. The van der Waals surface area contributed by atoms with Gasteiger partial charge in [0.15, 0.2) is 11.5 Å². The summed E-state index contributed by atoms with van der Waals surface area (Å²) in [5.41, 5.74) is 1.25. The molecular formula is C21H24N4O6. The molecule has 0 saturated carbocycles. The molecule has 10 nitrogen and oxygen atoms in total. The number of amides is 2. The number of likely N-dealkylation sites (N-methyl/N-ethyl adjacent to an activating group) is 1. The molecule has 1 aliphatic rings. The van der Waals surface area contributed by atoms with Crippen molar-refractivity contribution in [2.45, 2.75) is 13.8 Å². The lowest BCUT2D eigenvalue weighted by Crippen LogP contribution is -2.38. The highest BCUT2D eigenvalue weighted by Crippen LogP contribution is 2.32. The van der Waals surface area contributed by atoms with Crippen LogP contribution < -0.4 is 20.1 Å². The first-order chi connectivity index (χ1) is 14.9. The molecule has 2 N–H and O–H groups in total. The van der Waals surface area contributed by atoms with Crippen molar-refractivity contribution in [2.24, 2.45) is 0 Å². The van der Waals surface area contributed by atoms with Gasteiger partial charge in [0.1, 0.15) is 13.2 Å². The molecule has 0 aliphatic carbocycles. The number of nitrogens with one attached hydrogen (secondary N) is 2. The van der Waals surface area contributed by atoms with Gasteiger partial charge in [-0.05, 0) is 31.7 Å². The van der Waals surface area contributed by atoms with Crippen LogP contribution >= 0.6 is 0 Å². The van der Waals surface area contributed by atoms with Crippen LogP contribution in [-0.4, -0.2) is 54.5 Å². The second-order valence-electron chi connectivity index (χ2n) is 6.96. The molecule has 0 unspecified atom stereocenters. The number of fused-ring (bicyclic) bond motifs is 1. The minimum atomic E-state index is -0.494. The average Bonchev–Trinajstić information content (AvgIpc) is 2.74. The molecule has 1 aliphatic heterocycles. The predicted molar refractivity (Wildman–Crippen MR) is 115 cm³/mol. The Balaban J connectivity index is 1.56. The zero-order valence-corrected chi connectivity index (χ0v) is 17.3. The third-order valence-electron chi connectivity index (χ3n) is 4.78. The number of carbonyl (C=O) groups is 2. The molecule has 0 saturated heterocycles. The minimum Gasteiger partial charge on any atom is -0.486 e. The van der Waals surface area contributed by atoms with Crippen molar-refractivity contribution in [2.75, 3.05) is 43.5 Å². The summed E-state index contributed by atoms with van der Waals surface area (Å²) in [5, 5.41) is 16.5. The molecule has 3 rings (SSSR count). The maximum Gasteiger partial charge on any atom is 0.274 e. The van der Waals surface area contributed by atoms with E-state index in [2.05, 4.69) is 10.6 Å². The largest absolute Gasteiger partial charge is 0.486 e. The van der Waals surface area contributed by atoms with Gasteiger partial charge in [0.25, 0.3) is 5.69 Å². The van der Waals surface area contributed by atoms with Crippen molar-refractivity contribution in [1.29, 1.82) is 0 Å². The summed E-state index contributed by atoms with van der Waals surface area (Å²) < 4.78 is 11.0. The molecule has 2 aromatic rings. The number of ether oxygens (including phenoxy) is 2. The third kappa shape index (κ3) is 5.70. The molecule has 0 spiro atoms. The molecule has 0 atom stereocenters. The number of nitrogens with zero attached hydrogens (tertiary/aromatic N) is 2. The summed E-state index contributed by atoms with van der Waals surface area (Å²) >= 11 is 0.